The van der Waals surface area contributed by atoms with E-state index in [1.165, 1.54) is 6.42 Å². The van der Waals surface area contributed by atoms with Gasteiger partial charge in [-0.3, -0.25) is 9.69 Å². The number of nitrogens with zero attached hydrogens (tertiary/aromatic N) is 3. The zero-order valence-corrected chi connectivity index (χ0v) is 15.8. The molecule has 0 atom stereocenters. The fourth-order valence-electron chi connectivity index (χ4n) is 3.54. The molecular weight excluding hydrogens is 351 g/mol. The molecule has 1 saturated heterocycles. The second-order valence-corrected chi connectivity index (χ2v) is 6.71. The number of hydrogen-bond donors (Lipinski definition) is 1. The first kappa shape index (κ1) is 21.2. The Morgan fingerprint density at radius 1 is 1.21 bits per heavy atom. The molecule has 2 aliphatic rings. The minimum atomic E-state index is -0.607. The van der Waals surface area contributed by atoms with Crippen LogP contribution in [0.15, 0.2) is 10.6 Å². The topological polar surface area (TPSA) is 75.6 Å². The third-order valence-electron chi connectivity index (χ3n) is 4.89. The van der Waals surface area contributed by atoms with Crippen molar-refractivity contribution < 1.29 is 9.32 Å². The second kappa shape index (κ2) is 9.04. The highest BCUT2D eigenvalue weighted by atomic mass is 35.5. The van der Waals surface area contributed by atoms with Gasteiger partial charge in [-0.25, -0.2) is 0 Å². The highest BCUT2D eigenvalue weighted by Gasteiger charge is 2.39. The Balaban J connectivity index is 0.00000144. The number of carbonyl (C=O) groups is 1. The lowest BCUT2D eigenvalue weighted by molar-refractivity contribution is -0.140. The highest BCUT2D eigenvalue weighted by molar-refractivity contribution is 5.86. The number of nitrogens with two attached hydrogens (primary N) is 1. The Labute approximate surface area is 155 Å². The van der Waals surface area contributed by atoms with Crippen molar-refractivity contribution in [3.05, 3.63) is 17.5 Å². The van der Waals surface area contributed by atoms with E-state index in [0.717, 1.165) is 69.9 Å². The molecule has 1 aliphatic heterocycles. The Kier molecular flexibility index (Phi) is 7.99. The van der Waals surface area contributed by atoms with Gasteiger partial charge in [-0.15, -0.1) is 24.8 Å². The maximum atomic E-state index is 12.7. The van der Waals surface area contributed by atoms with Crippen molar-refractivity contribution in [2.45, 2.75) is 51.1 Å². The molecule has 2 heterocycles. The summed E-state index contributed by atoms with van der Waals surface area (Å²) in [6.07, 6.45) is 5.03. The molecule has 2 N–H and O–H groups in total. The lowest BCUT2D eigenvalue weighted by Gasteiger charge is -2.40. The van der Waals surface area contributed by atoms with Crippen LogP contribution >= 0.6 is 24.8 Å². The summed E-state index contributed by atoms with van der Waals surface area (Å²) in [6.45, 7) is 5.94. The van der Waals surface area contributed by atoms with Crippen LogP contribution in [0.5, 0.6) is 0 Å². The summed E-state index contributed by atoms with van der Waals surface area (Å²) in [5.74, 6) is 0.996. The Hall–Kier alpha value is -0.820. The van der Waals surface area contributed by atoms with E-state index in [1.54, 1.807) is 0 Å². The van der Waals surface area contributed by atoms with E-state index in [9.17, 15) is 4.79 Å². The standard InChI is InChI=1S/C16H26N4O2.2ClH/c1-13-11-14(18-22-13)12-19-7-9-20(10-8-19)15(21)16(17)5-3-2-4-6-16;;/h11H,2-10,12,17H2,1H3;2*1H. The summed E-state index contributed by atoms with van der Waals surface area (Å²) >= 11 is 0. The SMILES string of the molecule is Cc1cc(CN2CCN(C(=O)C3(N)CCCCC3)CC2)no1.Cl.Cl. The third kappa shape index (κ3) is 4.85. The van der Waals surface area contributed by atoms with Gasteiger partial charge < -0.3 is 15.2 Å². The van der Waals surface area contributed by atoms with E-state index < -0.39 is 5.54 Å². The van der Waals surface area contributed by atoms with Gasteiger partial charge in [0.15, 0.2) is 0 Å². The highest BCUT2D eigenvalue weighted by Crippen LogP contribution is 2.28. The number of aryl methyl sites for hydroxylation is 1. The normalized spacial score (nSPS) is 20.8. The molecule has 1 saturated carbocycles. The van der Waals surface area contributed by atoms with E-state index in [1.807, 2.05) is 17.9 Å². The zero-order chi connectivity index (χ0) is 15.6. The number of hydrogen-bond acceptors (Lipinski definition) is 5. The molecule has 0 unspecified atom stereocenters. The van der Waals surface area contributed by atoms with Gasteiger partial charge in [0.1, 0.15) is 5.76 Å². The zero-order valence-electron chi connectivity index (χ0n) is 14.2. The number of rotatable bonds is 3. The van der Waals surface area contributed by atoms with E-state index in [0.29, 0.717) is 0 Å². The van der Waals surface area contributed by atoms with Crippen LogP contribution in [0.1, 0.15) is 43.6 Å². The molecule has 6 nitrogen and oxygen atoms in total. The summed E-state index contributed by atoms with van der Waals surface area (Å²) < 4.78 is 5.10. The summed E-state index contributed by atoms with van der Waals surface area (Å²) in [7, 11) is 0. The maximum Gasteiger partial charge on any atom is 0.242 e. The van der Waals surface area contributed by atoms with Crippen LogP contribution in [0.4, 0.5) is 0 Å². The molecule has 1 aromatic heterocycles. The lowest BCUT2D eigenvalue weighted by Crippen LogP contribution is -2.60. The van der Waals surface area contributed by atoms with Crippen molar-refractivity contribution in [3.63, 3.8) is 0 Å². The van der Waals surface area contributed by atoms with Gasteiger partial charge in [-0.1, -0.05) is 24.4 Å². The van der Waals surface area contributed by atoms with Crippen LogP contribution in [0.2, 0.25) is 0 Å². The number of carbonyl (C=O) groups excluding carboxylic acids is 1. The first-order valence-corrected chi connectivity index (χ1v) is 8.30. The van der Waals surface area contributed by atoms with Gasteiger partial charge in [0.05, 0.1) is 11.2 Å². The Morgan fingerprint density at radius 3 is 2.38 bits per heavy atom. The maximum absolute atomic E-state index is 12.7. The summed E-state index contributed by atoms with van der Waals surface area (Å²) in [5, 5.41) is 4.03. The predicted octanol–water partition coefficient (Wildman–Crippen LogP) is 2.13. The van der Waals surface area contributed by atoms with Gasteiger partial charge in [0.25, 0.3) is 0 Å². The summed E-state index contributed by atoms with van der Waals surface area (Å²) in [6, 6.07) is 1.97. The quantitative estimate of drug-likeness (QED) is 0.871. The van der Waals surface area contributed by atoms with Crippen molar-refractivity contribution in [1.29, 1.82) is 0 Å². The van der Waals surface area contributed by atoms with E-state index in [-0.39, 0.29) is 30.7 Å². The fraction of sp³-hybridized carbons (Fsp3) is 0.750. The van der Waals surface area contributed by atoms with Crippen LogP contribution in [0.25, 0.3) is 0 Å². The third-order valence-corrected chi connectivity index (χ3v) is 4.89. The molecule has 2 fully saturated rings. The summed E-state index contributed by atoms with van der Waals surface area (Å²) in [5.41, 5.74) is 6.72. The first-order valence-electron chi connectivity index (χ1n) is 8.30. The Morgan fingerprint density at radius 2 is 1.83 bits per heavy atom. The molecular formula is C16H28Cl2N4O2. The molecule has 1 aromatic rings. The van der Waals surface area contributed by atoms with Crippen molar-refractivity contribution in [1.82, 2.24) is 15.0 Å². The molecule has 24 heavy (non-hydrogen) atoms. The Bertz CT molecular complexity index is 524. The summed E-state index contributed by atoms with van der Waals surface area (Å²) in [4.78, 5) is 17.0. The number of aromatic nitrogens is 1. The average Bonchev–Trinajstić information content (AvgIpc) is 2.93. The first-order chi connectivity index (χ1) is 10.6. The molecule has 0 spiro atoms. The molecule has 1 aliphatic carbocycles. The van der Waals surface area contributed by atoms with Gasteiger partial charge in [0.2, 0.25) is 5.91 Å². The van der Waals surface area contributed by atoms with Crippen molar-refractivity contribution in [3.8, 4) is 0 Å². The number of amides is 1. The minimum Gasteiger partial charge on any atom is -0.361 e. The van der Waals surface area contributed by atoms with Crippen molar-refractivity contribution >= 4 is 30.7 Å². The molecule has 0 bridgehead atoms. The second-order valence-electron chi connectivity index (χ2n) is 6.71. The largest absolute Gasteiger partial charge is 0.361 e. The van der Waals surface area contributed by atoms with E-state index in [2.05, 4.69) is 10.1 Å². The average molecular weight is 379 g/mol. The van der Waals surface area contributed by atoms with Crippen LogP contribution in [0, 0.1) is 6.92 Å². The molecule has 0 aromatic carbocycles. The van der Waals surface area contributed by atoms with Gasteiger partial charge >= 0.3 is 0 Å². The van der Waals surface area contributed by atoms with Crippen molar-refractivity contribution in [2.24, 2.45) is 5.73 Å². The van der Waals surface area contributed by atoms with E-state index >= 15 is 0 Å². The number of piperazine rings is 1. The predicted molar refractivity (Wildman–Crippen MR) is 97.6 cm³/mol. The number of halogens is 2. The lowest BCUT2D eigenvalue weighted by atomic mass is 9.81. The molecule has 1 amide bonds. The smallest absolute Gasteiger partial charge is 0.242 e. The van der Waals surface area contributed by atoms with Crippen LogP contribution in [-0.4, -0.2) is 52.6 Å². The van der Waals surface area contributed by atoms with Gasteiger partial charge in [-0.2, -0.15) is 0 Å². The fourth-order valence-corrected chi connectivity index (χ4v) is 3.54. The van der Waals surface area contributed by atoms with E-state index in [4.69, 9.17) is 10.3 Å². The minimum absolute atomic E-state index is 0. The van der Waals surface area contributed by atoms with Crippen LogP contribution in [0.3, 0.4) is 0 Å². The monoisotopic (exact) mass is 378 g/mol. The van der Waals surface area contributed by atoms with Crippen LogP contribution in [-0.2, 0) is 11.3 Å². The molecule has 8 heteroatoms. The van der Waals surface area contributed by atoms with Gasteiger partial charge in [-0.05, 0) is 19.8 Å². The molecule has 0 radical (unpaired) electrons. The molecule has 138 valence electrons. The van der Waals surface area contributed by atoms with Crippen molar-refractivity contribution in [2.75, 3.05) is 26.2 Å². The van der Waals surface area contributed by atoms with Crippen LogP contribution < -0.4 is 5.73 Å². The van der Waals surface area contributed by atoms with Gasteiger partial charge in [0, 0.05) is 38.8 Å². The molecule has 3 rings (SSSR count).